The summed E-state index contributed by atoms with van der Waals surface area (Å²) in [7, 11) is 1.86. The van der Waals surface area contributed by atoms with Crippen molar-refractivity contribution in [2.24, 2.45) is 0 Å². The summed E-state index contributed by atoms with van der Waals surface area (Å²) in [5.74, 6) is 0.186. The summed E-state index contributed by atoms with van der Waals surface area (Å²) in [5, 5.41) is 13.3. The molecule has 0 radical (unpaired) electrons. The highest BCUT2D eigenvalue weighted by Gasteiger charge is 2.12. The predicted octanol–water partition coefficient (Wildman–Crippen LogP) is 2.89. The molecule has 0 fully saturated rings. The van der Waals surface area contributed by atoms with Crippen LogP contribution < -0.4 is 5.32 Å². The molecule has 0 bridgehead atoms. The molecule has 3 heteroatoms. The minimum atomic E-state index is 0.110. The first-order valence-electron chi connectivity index (χ1n) is 4.78. The van der Waals surface area contributed by atoms with Gasteiger partial charge in [0.25, 0.3) is 0 Å². The van der Waals surface area contributed by atoms with Gasteiger partial charge in [0.1, 0.15) is 5.75 Å². The zero-order valence-corrected chi connectivity index (χ0v) is 9.52. The van der Waals surface area contributed by atoms with Crippen molar-refractivity contribution < 1.29 is 5.11 Å². The molecule has 78 valence electrons. The maximum Gasteiger partial charge on any atom is 0.138 e. The SMILES string of the molecule is CCc1cc(Cl)c(O)c([C@H](C)NC)c1. The average molecular weight is 214 g/mol. The van der Waals surface area contributed by atoms with E-state index in [0.717, 1.165) is 17.5 Å². The number of halogens is 1. The molecule has 1 atom stereocenters. The second kappa shape index (κ2) is 4.67. The van der Waals surface area contributed by atoms with Gasteiger partial charge >= 0.3 is 0 Å². The quantitative estimate of drug-likeness (QED) is 0.810. The third-order valence-corrected chi connectivity index (χ3v) is 2.75. The fourth-order valence-electron chi connectivity index (χ4n) is 1.37. The highest BCUT2D eigenvalue weighted by molar-refractivity contribution is 6.32. The average Bonchev–Trinajstić information content (AvgIpc) is 2.20. The van der Waals surface area contributed by atoms with E-state index >= 15 is 0 Å². The van der Waals surface area contributed by atoms with Crippen molar-refractivity contribution in [3.8, 4) is 5.75 Å². The van der Waals surface area contributed by atoms with Gasteiger partial charge in [-0.2, -0.15) is 0 Å². The van der Waals surface area contributed by atoms with Gasteiger partial charge < -0.3 is 10.4 Å². The van der Waals surface area contributed by atoms with E-state index in [0.29, 0.717) is 5.02 Å². The minimum Gasteiger partial charge on any atom is -0.506 e. The number of hydrogen-bond donors (Lipinski definition) is 2. The Balaban J connectivity index is 3.20. The van der Waals surface area contributed by atoms with Gasteiger partial charge in [0.15, 0.2) is 0 Å². The second-order valence-corrected chi connectivity index (χ2v) is 3.79. The summed E-state index contributed by atoms with van der Waals surface area (Å²) in [6.45, 7) is 4.06. The van der Waals surface area contributed by atoms with E-state index < -0.39 is 0 Å². The first-order valence-corrected chi connectivity index (χ1v) is 5.16. The Hall–Kier alpha value is -0.730. The van der Waals surface area contributed by atoms with Gasteiger partial charge in [-0.05, 0) is 32.0 Å². The van der Waals surface area contributed by atoms with Crippen molar-refractivity contribution in [2.75, 3.05) is 7.05 Å². The zero-order valence-electron chi connectivity index (χ0n) is 8.76. The normalized spacial score (nSPS) is 12.9. The molecular formula is C11H16ClNO. The number of aryl methyl sites for hydroxylation is 1. The van der Waals surface area contributed by atoms with Crippen LogP contribution in [0.1, 0.15) is 31.0 Å². The van der Waals surface area contributed by atoms with Gasteiger partial charge in [-0.25, -0.2) is 0 Å². The summed E-state index contributed by atoms with van der Waals surface area (Å²) >= 11 is 5.92. The second-order valence-electron chi connectivity index (χ2n) is 3.38. The summed E-state index contributed by atoms with van der Waals surface area (Å²) in [5.41, 5.74) is 2.00. The van der Waals surface area contributed by atoms with Crippen molar-refractivity contribution >= 4 is 11.6 Å². The number of rotatable bonds is 3. The molecule has 14 heavy (non-hydrogen) atoms. The molecule has 2 N–H and O–H groups in total. The molecule has 0 aliphatic heterocycles. The molecule has 1 aromatic rings. The maximum atomic E-state index is 9.75. The number of nitrogens with one attached hydrogen (secondary N) is 1. The number of phenolic OH excluding ortho intramolecular Hbond substituents is 1. The van der Waals surface area contributed by atoms with Crippen LogP contribution in [0.4, 0.5) is 0 Å². The lowest BCUT2D eigenvalue weighted by Crippen LogP contribution is -2.12. The van der Waals surface area contributed by atoms with Crippen molar-refractivity contribution in [1.82, 2.24) is 5.32 Å². The zero-order chi connectivity index (χ0) is 10.7. The van der Waals surface area contributed by atoms with Crippen molar-refractivity contribution in [3.63, 3.8) is 0 Å². The van der Waals surface area contributed by atoms with Crippen LogP contribution >= 0.6 is 11.6 Å². The smallest absolute Gasteiger partial charge is 0.138 e. The standard InChI is InChI=1S/C11H16ClNO/c1-4-8-5-9(7(2)13-3)11(14)10(12)6-8/h5-7,13-14H,4H2,1-3H3/t7-/m0/s1. The van der Waals surface area contributed by atoms with Gasteiger partial charge in [0, 0.05) is 11.6 Å². The molecular weight excluding hydrogens is 198 g/mol. The first kappa shape index (κ1) is 11.3. The summed E-state index contributed by atoms with van der Waals surface area (Å²) < 4.78 is 0. The van der Waals surface area contributed by atoms with Crippen LogP contribution in [0.15, 0.2) is 12.1 Å². The van der Waals surface area contributed by atoms with Crippen molar-refractivity contribution in [2.45, 2.75) is 26.3 Å². The Kier molecular flexibility index (Phi) is 3.78. The molecule has 1 aromatic carbocycles. The van der Waals surface area contributed by atoms with E-state index in [9.17, 15) is 5.11 Å². The van der Waals surface area contributed by atoms with Gasteiger partial charge in [-0.1, -0.05) is 24.6 Å². The molecule has 1 rings (SSSR count). The highest BCUT2D eigenvalue weighted by Crippen LogP contribution is 2.32. The molecule has 0 spiro atoms. The maximum absolute atomic E-state index is 9.75. The topological polar surface area (TPSA) is 32.3 Å². The summed E-state index contributed by atoms with van der Waals surface area (Å²) in [6.07, 6.45) is 0.920. The molecule has 0 aromatic heterocycles. The van der Waals surface area contributed by atoms with Crippen LogP contribution in [0, 0.1) is 0 Å². The number of aromatic hydroxyl groups is 1. The molecule has 0 amide bonds. The van der Waals surface area contributed by atoms with E-state index in [-0.39, 0.29) is 11.8 Å². The van der Waals surface area contributed by atoms with Gasteiger partial charge in [-0.15, -0.1) is 0 Å². The lowest BCUT2D eigenvalue weighted by atomic mass is 10.0. The number of phenols is 1. The molecule has 0 heterocycles. The third-order valence-electron chi connectivity index (χ3n) is 2.46. The molecule has 2 nitrogen and oxygen atoms in total. The van der Waals surface area contributed by atoms with E-state index in [1.807, 2.05) is 26.1 Å². The van der Waals surface area contributed by atoms with Gasteiger partial charge in [0.2, 0.25) is 0 Å². The van der Waals surface area contributed by atoms with Crippen LogP contribution in [-0.4, -0.2) is 12.2 Å². The molecule has 0 aliphatic rings. The van der Waals surface area contributed by atoms with Crippen molar-refractivity contribution in [1.29, 1.82) is 0 Å². The Morgan fingerprint density at radius 1 is 1.50 bits per heavy atom. The van der Waals surface area contributed by atoms with E-state index in [1.54, 1.807) is 0 Å². The fraction of sp³-hybridized carbons (Fsp3) is 0.455. The van der Waals surface area contributed by atoms with Crippen LogP contribution in [0.2, 0.25) is 5.02 Å². The predicted molar refractivity (Wildman–Crippen MR) is 60.0 cm³/mol. The Morgan fingerprint density at radius 3 is 2.64 bits per heavy atom. The van der Waals surface area contributed by atoms with Gasteiger partial charge in [0.05, 0.1) is 5.02 Å². The van der Waals surface area contributed by atoms with Gasteiger partial charge in [-0.3, -0.25) is 0 Å². The Labute approximate surface area is 89.9 Å². The summed E-state index contributed by atoms with van der Waals surface area (Å²) in [6, 6.07) is 3.91. The molecule has 0 aliphatic carbocycles. The third kappa shape index (κ3) is 2.20. The lowest BCUT2D eigenvalue weighted by Gasteiger charge is -2.14. The van der Waals surface area contributed by atoms with Crippen LogP contribution in [0.3, 0.4) is 0 Å². The number of hydrogen-bond acceptors (Lipinski definition) is 2. The van der Waals surface area contributed by atoms with Crippen molar-refractivity contribution in [3.05, 3.63) is 28.3 Å². The highest BCUT2D eigenvalue weighted by atomic mass is 35.5. The number of benzene rings is 1. The minimum absolute atomic E-state index is 0.110. The Morgan fingerprint density at radius 2 is 2.14 bits per heavy atom. The Bertz CT molecular complexity index is 325. The van der Waals surface area contributed by atoms with Crippen LogP contribution in [-0.2, 0) is 6.42 Å². The first-order chi connectivity index (χ1) is 6.60. The fourth-order valence-corrected chi connectivity index (χ4v) is 1.62. The van der Waals surface area contributed by atoms with Crippen LogP contribution in [0.25, 0.3) is 0 Å². The van der Waals surface area contributed by atoms with E-state index in [2.05, 4.69) is 12.2 Å². The monoisotopic (exact) mass is 213 g/mol. The molecule has 0 saturated heterocycles. The van der Waals surface area contributed by atoms with E-state index in [1.165, 1.54) is 0 Å². The molecule has 0 saturated carbocycles. The van der Waals surface area contributed by atoms with Crippen LogP contribution in [0.5, 0.6) is 5.75 Å². The largest absolute Gasteiger partial charge is 0.506 e. The lowest BCUT2D eigenvalue weighted by molar-refractivity contribution is 0.458. The van der Waals surface area contributed by atoms with E-state index in [4.69, 9.17) is 11.6 Å². The summed E-state index contributed by atoms with van der Waals surface area (Å²) in [4.78, 5) is 0. The molecule has 0 unspecified atom stereocenters.